The predicted octanol–water partition coefficient (Wildman–Crippen LogP) is 4.79. The van der Waals surface area contributed by atoms with Crippen molar-refractivity contribution in [2.24, 2.45) is 11.8 Å². The van der Waals surface area contributed by atoms with Crippen LogP contribution in [0.3, 0.4) is 0 Å². The van der Waals surface area contributed by atoms with E-state index in [1.807, 2.05) is 0 Å². The molecule has 0 radical (unpaired) electrons. The summed E-state index contributed by atoms with van der Waals surface area (Å²) in [5, 5.41) is 15.4. The number of nitrogens with one attached hydrogen (secondary N) is 2. The molecule has 0 aromatic carbocycles. The molecule has 4 atom stereocenters. The molecule has 3 N–H and O–H groups in total. The molecule has 0 aliphatic carbocycles. The van der Waals surface area contributed by atoms with Gasteiger partial charge in [0.1, 0.15) is 0 Å². The Bertz CT molecular complexity index is 597. The van der Waals surface area contributed by atoms with E-state index in [9.17, 15) is 4.79 Å². The Kier molecular flexibility index (Phi) is 11.8. The highest BCUT2D eigenvalue weighted by molar-refractivity contribution is 7.80. The highest BCUT2D eigenvalue weighted by Crippen LogP contribution is 2.44. The van der Waals surface area contributed by atoms with Crippen LogP contribution >= 0.6 is 24.4 Å². The molecule has 0 unspecified atom stereocenters. The third kappa shape index (κ3) is 8.98. The van der Waals surface area contributed by atoms with Gasteiger partial charge in [0.2, 0.25) is 0 Å². The Morgan fingerprint density at radius 3 is 2.50 bits per heavy atom. The molecule has 2 saturated heterocycles. The smallest absolute Gasteiger partial charge is 0.303 e. The molecule has 0 saturated carbocycles. The summed E-state index contributed by atoms with van der Waals surface area (Å²) >= 11 is 10.9. The molecular formula is C23H38N2O3S2. The normalized spacial score (nSPS) is 25.0. The van der Waals surface area contributed by atoms with E-state index in [1.165, 1.54) is 19.3 Å². The Balaban J connectivity index is 1.66. The number of aliphatic carboxylic acids is 1. The second kappa shape index (κ2) is 14.1. The van der Waals surface area contributed by atoms with E-state index < -0.39 is 5.97 Å². The third-order valence-electron chi connectivity index (χ3n) is 6.17. The largest absolute Gasteiger partial charge is 0.481 e. The molecular weight excluding hydrogens is 416 g/mol. The number of rotatable bonds is 15. The van der Waals surface area contributed by atoms with Gasteiger partial charge in [-0.3, -0.25) is 4.79 Å². The fourth-order valence-electron chi connectivity index (χ4n) is 4.50. The molecule has 2 bridgehead atoms. The number of carboxylic acid groups (broad SMARTS) is 1. The molecule has 170 valence electrons. The highest BCUT2D eigenvalue weighted by atomic mass is 32.1. The zero-order valence-corrected chi connectivity index (χ0v) is 19.9. The molecule has 2 rings (SSSR count). The van der Waals surface area contributed by atoms with Crippen LogP contribution in [0.15, 0.2) is 12.2 Å². The summed E-state index contributed by atoms with van der Waals surface area (Å²) in [6, 6.07) is 0. The van der Waals surface area contributed by atoms with Crippen LogP contribution in [0.4, 0.5) is 0 Å². The molecule has 0 amide bonds. The summed E-state index contributed by atoms with van der Waals surface area (Å²) < 4.78 is 6.17. The second-order valence-electron chi connectivity index (χ2n) is 8.50. The van der Waals surface area contributed by atoms with Crippen molar-refractivity contribution >= 4 is 40.4 Å². The summed E-state index contributed by atoms with van der Waals surface area (Å²) in [4.78, 5) is 12.3. The van der Waals surface area contributed by atoms with Gasteiger partial charge in [0.15, 0.2) is 0 Å². The van der Waals surface area contributed by atoms with E-state index in [2.05, 4.69) is 29.7 Å². The van der Waals surface area contributed by atoms with Gasteiger partial charge < -0.3 is 20.5 Å². The number of hydrogen-bond acceptors (Lipinski definition) is 4. The quantitative estimate of drug-likeness (QED) is 0.187. The van der Waals surface area contributed by atoms with Crippen LogP contribution in [-0.2, 0) is 9.53 Å². The van der Waals surface area contributed by atoms with Crippen LogP contribution in [0.25, 0.3) is 0 Å². The number of ether oxygens (including phenoxy) is 1. The van der Waals surface area contributed by atoms with E-state index in [0.717, 1.165) is 55.0 Å². The van der Waals surface area contributed by atoms with Crippen LogP contribution in [0, 0.1) is 11.8 Å². The molecule has 0 spiro atoms. The minimum atomic E-state index is -0.723. The van der Waals surface area contributed by atoms with Gasteiger partial charge in [-0.25, -0.2) is 0 Å². The molecule has 30 heavy (non-hydrogen) atoms. The summed E-state index contributed by atoms with van der Waals surface area (Å²) in [7, 11) is 0. The number of carboxylic acids is 1. The van der Waals surface area contributed by atoms with Crippen LogP contribution < -0.4 is 10.6 Å². The number of carbonyl (C=O) groups is 1. The molecule has 5 nitrogen and oxygen atoms in total. The first-order valence-corrected chi connectivity index (χ1v) is 12.4. The topological polar surface area (TPSA) is 70.6 Å². The van der Waals surface area contributed by atoms with Gasteiger partial charge in [-0.05, 0) is 50.9 Å². The maximum atomic E-state index is 10.6. The van der Waals surface area contributed by atoms with E-state index in [-0.39, 0.29) is 6.42 Å². The van der Waals surface area contributed by atoms with E-state index in [1.54, 1.807) is 0 Å². The van der Waals surface area contributed by atoms with Crippen molar-refractivity contribution in [3.8, 4) is 0 Å². The zero-order valence-electron chi connectivity index (χ0n) is 18.2. The zero-order chi connectivity index (χ0) is 21.8. The maximum Gasteiger partial charge on any atom is 0.303 e. The lowest BCUT2D eigenvalue weighted by Crippen LogP contribution is -2.41. The molecule has 0 aromatic heterocycles. The van der Waals surface area contributed by atoms with Gasteiger partial charge >= 0.3 is 5.97 Å². The van der Waals surface area contributed by atoms with Crippen LogP contribution in [0.2, 0.25) is 0 Å². The highest BCUT2D eigenvalue weighted by Gasteiger charge is 2.47. The van der Waals surface area contributed by atoms with Gasteiger partial charge in [0.05, 0.1) is 28.7 Å². The minimum absolute atomic E-state index is 0.238. The van der Waals surface area contributed by atoms with Crippen molar-refractivity contribution in [2.75, 3.05) is 13.1 Å². The molecule has 7 heteroatoms. The lowest BCUT2D eigenvalue weighted by atomic mass is 9.77. The molecule has 0 aromatic rings. The lowest BCUT2D eigenvalue weighted by molar-refractivity contribution is -0.137. The Morgan fingerprint density at radius 1 is 1.00 bits per heavy atom. The Morgan fingerprint density at radius 2 is 1.77 bits per heavy atom. The van der Waals surface area contributed by atoms with E-state index in [0.29, 0.717) is 37.0 Å². The minimum Gasteiger partial charge on any atom is -0.481 e. The van der Waals surface area contributed by atoms with Crippen molar-refractivity contribution in [1.82, 2.24) is 10.6 Å². The Labute approximate surface area is 192 Å². The average molecular weight is 455 g/mol. The summed E-state index contributed by atoms with van der Waals surface area (Å²) in [6.45, 7) is 3.67. The summed E-state index contributed by atoms with van der Waals surface area (Å²) in [5.41, 5.74) is 0. The average Bonchev–Trinajstić information content (AvgIpc) is 3.32. The standard InChI is InChI=1S/C23H38N2O3S2/c1-2-3-4-8-11-21(29)25-16-22(30)24-15-18-17(19-13-14-20(18)28-19)10-7-5-6-9-12-23(26)27/h5,7,17-20H,2-4,6,8-16H2,1H3,(H,24,30)(H,25,29)(H,26,27)/b7-5-/t17-,18+,19-,20+/m0/s1. The predicted molar refractivity (Wildman–Crippen MR) is 130 cm³/mol. The fraction of sp³-hybridized carbons (Fsp3) is 0.783. The SMILES string of the molecule is CCCCCCC(=S)NCC(=S)NC[C@@H]1[C@H](C/C=C\CCCC(=O)O)[C@@H]2CC[C@H]1O2. The van der Waals surface area contributed by atoms with Crippen LogP contribution in [-0.4, -0.2) is 46.4 Å². The first-order chi connectivity index (χ1) is 14.5. The van der Waals surface area contributed by atoms with Crippen molar-refractivity contribution in [3.63, 3.8) is 0 Å². The van der Waals surface area contributed by atoms with Gasteiger partial charge in [-0.15, -0.1) is 0 Å². The monoisotopic (exact) mass is 454 g/mol. The van der Waals surface area contributed by atoms with Gasteiger partial charge in [-0.1, -0.05) is 62.8 Å². The first-order valence-electron chi connectivity index (χ1n) is 11.6. The lowest BCUT2D eigenvalue weighted by Gasteiger charge is -2.28. The molecule has 2 heterocycles. The van der Waals surface area contributed by atoms with E-state index >= 15 is 0 Å². The Hall–Kier alpha value is -1.05. The van der Waals surface area contributed by atoms with E-state index in [4.69, 9.17) is 34.3 Å². The van der Waals surface area contributed by atoms with Crippen LogP contribution in [0.1, 0.15) is 77.6 Å². The maximum absolute atomic E-state index is 10.6. The van der Waals surface area contributed by atoms with Crippen molar-refractivity contribution < 1.29 is 14.6 Å². The molecule has 2 aliphatic heterocycles. The number of allylic oxidation sites excluding steroid dienone is 2. The second-order valence-corrected chi connectivity index (χ2v) is 9.49. The third-order valence-corrected chi connectivity index (χ3v) is 6.80. The summed E-state index contributed by atoms with van der Waals surface area (Å²) in [5.74, 6) is 0.271. The van der Waals surface area contributed by atoms with Crippen molar-refractivity contribution in [1.29, 1.82) is 0 Å². The number of hydrogen-bond donors (Lipinski definition) is 3. The van der Waals surface area contributed by atoms with Crippen molar-refractivity contribution in [2.45, 2.75) is 89.8 Å². The number of fused-ring (bicyclic) bond motifs is 2. The number of thiocarbonyl (C=S) groups is 2. The van der Waals surface area contributed by atoms with Gasteiger partial charge in [0.25, 0.3) is 0 Å². The number of unbranched alkanes of at least 4 members (excludes halogenated alkanes) is 4. The van der Waals surface area contributed by atoms with Gasteiger partial charge in [-0.2, -0.15) is 0 Å². The molecule has 2 aliphatic rings. The first kappa shape index (κ1) is 25.2. The summed E-state index contributed by atoms with van der Waals surface area (Å²) in [6.07, 6.45) is 15.9. The fourth-order valence-corrected chi connectivity index (χ4v) is 4.87. The molecule has 2 fully saturated rings. The van der Waals surface area contributed by atoms with Crippen molar-refractivity contribution in [3.05, 3.63) is 12.2 Å². The van der Waals surface area contributed by atoms with Crippen LogP contribution in [0.5, 0.6) is 0 Å². The van der Waals surface area contributed by atoms with Gasteiger partial charge in [0, 0.05) is 18.9 Å².